The predicted molar refractivity (Wildman–Crippen MR) is 53.9 cm³/mol. The zero-order chi connectivity index (χ0) is 11.7. The summed E-state index contributed by atoms with van der Waals surface area (Å²) in [5.41, 5.74) is 0.941. The largest absolute Gasteiger partial charge is 0.493 e. The molecule has 5 heteroatoms. The van der Waals surface area contributed by atoms with Gasteiger partial charge in [-0.2, -0.15) is 0 Å². The molecule has 1 heterocycles. The van der Waals surface area contributed by atoms with E-state index in [-0.39, 0.29) is 11.1 Å². The summed E-state index contributed by atoms with van der Waals surface area (Å²) in [6, 6.07) is 2.84. The third-order valence-electron chi connectivity index (χ3n) is 2.47. The Labute approximate surface area is 91.6 Å². The first-order valence-corrected chi connectivity index (χ1v) is 4.75. The number of carboxylic acid groups (broad SMARTS) is 1. The van der Waals surface area contributed by atoms with Crippen molar-refractivity contribution in [3.05, 3.63) is 28.8 Å². The number of rotatable bonds is 2. The molecule has 2 rings (SSSR count). The smallest absolute Gasteiger partial charge is 0.338 e. The van der Waals surface area contributed by atoms with Crippen molar-refractivity contribution in [2.45, 2.75) is 6.42 Å². The highest BCUT2D eigenvalue weighted by atomic mass is 16.5. The van der Waals surface area contributed by atoms with Crippen molar-refractivity contribution in [1.29, 1.82) is 0 Å². The SMILES string of the molecule is COC(=O)c1cc2c(c(C(=O)O)c1)CCO2. The van der Waals surface area contributed by atoms with E-state index in [1.54, 1.807) is 0 Å². The lowest BCUT2D eigenvalue weighted by molar-refractivity contribution is 0.0600. The Morgan fingerprint density at radius 2 is 2.19 bits per heavy atom. The minimum absolute atomic E-state index is 0.107. The molecular formula is C11H10O5. The van der Waals surface area contributed by atoms with Crippen LogP contribution in [0, 0.1) is 0 Å². The maximum atomic E-state index is 11.3. The quantitative estimate of drug-likeness (QED) is 0.758. The van der Waals surface area contributed by atoms with Gasteiger partial charge in [0, 0.05) is 12.0 Å². The van der Waals surface area contributed by atoms with Gasteiger partial charge in [-0.05, 0) is 12.1 Å². The molecule has 1 aromatic rings. The molecule has 1 aliphatic rings. The molecule has 0 spiro atoms. The molecule has 0 saturated heterocycles. The first kappa shape index (κ1) is 10.5. The Morgan fingerprint density at radius 1 is 1.44 bits per heavy atom. The lowest BCUT2D eigenvalue weighted by atomic mass is 10.0. The minimum atomic E-state index is -1.06. The van der Waals surface area contributed by atoms with Crippen molar-refractivity contribution >= 4 is 11.9 Å². The Morgan fingerprint density at radius 3 is 2.81 bits per heavy atom. The monoisotopic (exact) mass is 222 g/mol. The van der Waals surface area contributed by atoms with Crippen LogP contribution in [0.25, 0.3) is 0 Å². The van der Waals surface area contributed by atoms with Crippen LogP contribution in [0.1, 0.15) is 26.3 Å². The number of methoxy groups -OCH3 is 1. The van der Waals surface area contributed by atoms with Gasteiger partial charge in [0.15, 0.2) is 0 Å². The third kappa shape index (κ3) is 1.60. The van der Waals surface area contributed by atoms with E-state index < -0.39 is 11.9 Å². The molecule has 16 heavy (non-hydrogen) atoms. The number of hydrogen-bond acceptors (Lipinski definition) is 4. The molecule has 1 N–H and O–H groups in total. The van der Waals surface area contributed by atoms with E-state index in [1.807, 2.05) is 0 Å². The summed E-state index contributed by atoms with van der Waals surface area (Å²) in [7, 11) is 1.25. The van der Waals surface area contributed by atoms with Crippen LogP contribution in [-0.2, 0) is 11.2 Å². The van der Waals surface area contributed by atoms with Crippen molar-refractivity contribution in [3.8, 4) is 5.75 Å². The fourth-order valence-electron chi connectivity index (χ4n) is 1.72. The van der Waals surface area contributed by atoms with Gasteiger partial charge in [-0.25, -0.2) is 9.59 Å². The summed E-state index contributed by atoms with van der Waals surface area (Å²) in [6.45, 7) is 0.445. The Balaban J connectivity index is 2.56. The van der Waals surface area contributed by atoms with Gasteiger partial charge in [-0.1, -0.05) is 0 Å². The summed E-state index contributed by atoms with van der Waals surface area (Å²) in [6.07, 6.45) is 0.554. The fraction of sp³-hybridized carbons (Fsp3) is 0.273. The van der Waals surface area contributed by atoms with Gasteiger partial charge in [0.1, 0.15) is 5.75 Å². The van der Waals surface area contributed by atoms with Gasteiger partial charge in [-0.15, -0.1) is 0 Å². The summed E-state index contributed by atoms with van der Waals surface area (Å²) in [5, 5.41) is 9.02. The number of hydrogen-bond donors (Lipinski definition) is 1. The number of carbonyl (C=O) groups is 2. The van der Waals surface area contributed by atoms with Crippen LogP contribution in [0.4, 0.5) is 0 Å². The molecule has 84 valence electrons. The third-order valence-corrected chi connectivity index (χ3v) is 2.47. The fourth-order valence-corrected chi connectivity index (χ4v) is 1.72. The summed E-state index contributed by atoms with van der Waals surface area (Å²) in [5.74, 6) is -1.17. The Hall–Kier alpha value is -2.04. The van der Waals surface area contributed by atoms with Crippen LogP contribution in [0.15, 0.2) is 12.1 Å². The second-order valence-corrected chi connectivity index (χ2v) is 3.40. The highest BCUT2D eigenvalue weighted by Gasteiger charge is 2.23. The van der Waals surface area contributed by atoms with Crippen molar-refractivity contribution in [2.24, 2.45) is 0 Å². The van der Waals surface area contributed by atoms with Crippen molar-refractivity contribution in [3.63, 3.8) is 0 Å². The van der Waals surface area contributed by atoms with Crippen LogP contribution in [-0.4, -0.2) is 30.8 Å². The van der Waals surface area contributed by atoms with Gasteiger partial charge in [0.05, 0.1) is 24.8 Å². The maximum absolute atomic E-state index is 11.3. The highest BCUT2D eigenvalue weighted by molar-refractivity contribution is 5.96. The Bertz CT molecular complexity index is 464. The molecule has 0 unspecified atom stereocenters. The normalized spacial score (nSPS) is 12.8. The van der Waals surface area contributed by atoms with Crippen LogP contribution < -0.4 is 4.74 Å². The maximum Gasteiger partial charge on any atom is 0.338 e. The van der Waals surface area contributed by atoms with E-state index in [1.165, 1.54) is 19.2 Å². The van der Waals surface area contributed by atoms with Gasteiger partial charge in [-0.3, -0.25) is 0 Å². The lowest BCUT2D eigenvalue weighted by Gasteiger charge is -2.06. The molecule has 1 aliphatic heterocycles. The van der Waals surface area contributed by atoms with Crippen molar-refractivity contribution in [2.75, 3.05) is 13.7 Å². The van der Waals surface area contributed by atoms with E-state index in [0.717, 1.165) is 0 Å². The summed E-state index contributed by atoms with van der Waals surface area (Å²) >= 11 is 0. The van der Waals surface area contributed by atoms with E-state index >= 15 is 0 Å². The first-order chi connectivity index (χ1) is 7.63. The number of benzene rings is 1. The molecule has 0 amide bonds. The molecule has 5 nitrogen and oxygen atoms in total. The van der Waals surface area contributed by atoms with Crippen molar-refractivity contribution < 1.29 is 24.2 Å². The molecule has 0 aliphatic carbocycles. The molecular weight excluding hydrogens is 212 g/mol. The number of aromatic carboxylic acids is 1. The second kappa shape index (κ2) is 3.84. The lowest BCUT2D eigenvalue weighted by Crippen LogP contribution is -2.07. The molecule has 0 fully saturated rings. The van der Waals surface area contributed by atoms with Crippen LogP contribution in [0.3, 0.4) is 0 Å². The van der Waals surface area contributed by atoms with E-state index in [9.17, 15) is 9.59 Å². The summed E-state index contributed by atoms with van der Waals surface area (Å²) < 4.78 is 9.80. The number of ether oxygens (including phenoxy) is 2. The molecule has 0 bridgehead atoms. The van der Waals surface area contributed by atoms with Crippen LogP contribution >= 0.6 is 0 Å². The zero-order valence-electron chi connectivity index (χ0n) is 8.65. The van der Waals surface area contributed by atoms with E-state index in [4.69, 9.17) is 9.84 Å². The molecule has 1 aromatic carbocycles. The number of carboxylic acids is 1. The van der Waals surface area contributed by atoms with Gasteiger partial charge in [0.2, 0.25) is 0 Å². The predicted octanol–water partition coefficient (Wildman–Crippen LogP) is 1.11. The number of carbonyl (C=O) groups excluding carboxylic acids is 1. The van der Waals surface area contributed by atoms with Gasteiger partial charge < -0.3 is 14.6 Å². The average Bonchev–Trinajstić information content (AvgIpc) is 2.74. The highest BCUT2D eigenvalue weighted by Crippen LogP contribution is 2.30. The first-order valence-electron chi connectivity index (χ1n) is 4.75. The van der Waals surface area contributed by atoms with Crippen LogP contribution in [0.2, 0.25) is 0 Å². The number of esters is 1. The number of fused-ring (bicyclic) bond motifs is 1. The van der Waals surface area contributed by atoms with E-state index in [0.29, 0.717) is 24.3 Å². The molecule has 0 radical (unpaired) electrons. The van der Waals surface area contributed by atoms with Gasteiger partial charge >= 0.3 is 11.9 Å². The van der Waals surface area contributed by atoms with Crippen molar-refractivity contribution in [1.82, 2.24) is 0 Å². The minimum Gasteiger partial charge on any atom is -0.493 e. The average molecular weight is 222 g/mol. The zero-order valence-corrected chi connectivity index (χ0v) is 8.65. The molecule has 0 aromatic heterocycles. The Kier molecular flexibility index (Phi) is 2.52. The van der Waals surface area contributed by atoms with E-state index in [2.05, 4.69) is 4.74 Å². The second-order valence-electron chi connectivity index (χ2n) is 3.40. The van der Waals surface area contributed by atoms with Gasteiger partial charge in [0.25, 0.3) is 0 Å². The molecule has 0 saturated carbocycles. The molecule has 0 atom stereocenters. The summed E-state index contributed by atoms with van der Waals surface area (Å²) in [4.78, 5) is 22.3. The van der Waals surface area contributed by atoms with Crippen LogP contribution in [0.5, 0.6) is 5.75 Å². The topological polar surface area (TPSA) is 72.8 Å². The standard InChI is InChI=1S/C11H10O5/c1-15-11(14)6-4-8(10(12)13)7-2-3-16-9(7)5-6/h4-5H,2-3H2,1H3,(H,12,13).